The average Bonchev–Trinajstić information content (AvgIpc) is 2.27. The quantitative estimate of drug-likeness (QED) is 0.758. The molecule has 1 aromatic carbocycles. The Morgan fingerprint density at radius 3 is 2.41 bits per heavy atom. The number of carbonyl (C=O) groups is 1. The van der Waals surface area contributed by atoms with Gasteiger partial charge >= 0.3 is 0 Å². The summed E-state index contributed by atoms with van der Waals surface area (Å²) < 4.78 is 1.74. The standard InChI is InChI=1S/C13H9Br2NO/c1-8-2-3-16-7-12(8)13(17)9-4-10(14)6-11(15)5-9/h2-7H,1H3. The van der Waals surface area contributed by atoms with Gasteiger partial charge in [0, 0.05) is 32.5 Å². The predicted octanol–water partition coefficient (Wildman–Crippen LogP) is 4.15. The molecule has 0 aliphatic heterocycles. The number of nitrogens with zero attached hydrogens (tertiary/aromatic N) is 1. The van der Waals surface area contributed by atoms with E-state index >= 15 is 0 Å². The van der Waals surface area contributed by atoms with E-state index in [-0.39, 0.29) is 5.78 Å². The first-order chi connectivity index (χ1) is 8.08. The summed E-state index contributed by atoms with van der Waals surface area (Å²) >= 11 is 6.75. The zero-order valence-electron chi connectivity index (χ0n) is 9.08. The minimum atomic E-state index is -0.0161. The molecule has 1 heterocycles. The third kappa shape index (κ3) is 2.82. The van der Waals surface area contributed by atoms with Gasteiger partial charge in [-0.1, -0.05) is 31.9 Å². The van der Waals surface area contributed by atoms with E-state index in [0.717, 1.165) is 14.5 Å². The van der Waals surface area contributed by atoms with E-state index in [2.05, 4.69) is 36.8 Å². The summed E-state index contributed by atoms with van der Waals surface area (Å²) in [6, 6.07) is 7.34. The molecule has 1 aromatic heterocycles. The number of carbonyl (C=O) groups excluding carboxylic acids is 1. The highest BCUT2D eigenvalue weighted by atomic mass is 79.9. The lowest BCUT2D eigenvalue weighted by Gasteiger charge is -2.05. The summed E-state index contributed by atoms with van der Waals surface area (Å²) in [4.78, 5) is 16.3. The van der Waals surface area contributed by atoms with Crippen molar-refractivity contribution >= 4 is 37.6 Å². The normalized spacial score (nSPS) is 10.3. The molecule has 17 heavy (non-hydrogen) atoms. The molecule has 0 N–H and O–H groups in total. The Labute approximate surface area is 116 Å². The van der Waals surface area contributed by atoms with Crippen molar-refractivity contribution in [3.63, 3.8) is 0 Å². The number of aryl methyl sites for hydroxylation is 1. The molecule has 2 nitrogen and oxygen atoms in total. The van der Waals surface area contributed by atoms with Gasteiger partial charge in [-0.2, -0.15) is 0 Å². The van der Waals surface area contributed by atoms with E-state index < -0.39 is 0 Å². The van der Waals surface area contributed by atoms with E-state index in [1.165, 1.54) is 0 Å². The molecule has 0 fully saturated rings. The molecular weight excluding hydrogens is 346 g/mol. The molecule has 86 valence electrons. The second-order valence-electron chi connectivity index (χ2n) is 3.68. The van der Waals surface area contributed by atoms with Crippen molar-refractivity contribution in [2.24, 2.45) is 0 Å². The number of aromatic nitrogens is 1. The van der Waals surface area contributed by atoms with Crippen LogP contribution in [0, 0.1) is 6.92 Å². The molecule has 0 aliphatic rings. The van der Waals surface area contributed by atoms with Crippen molar-refractivity contribution in [2.75, 3.05) is 0 Å². The molecule has 0 amide bonds. The van der Waals surface area contributed by atoms with E-state index in [1.54, 1.807) is 24.5 Å². The van der Waals surface area contributed by atoms with Crippen LogP contribution in [0.2, 0.25) is 0 Å². The van der Waals surface area contributed by atoms with Gasteiger partial charge in [0.1, 0.15) is 0 Å². The van der Waals surface area contributed by atoms with Crippen LogP contribution >= 0.6 is 31.9 Å². The third-order valence-corrected chi connectivity index (χ3v) is 3.32. The van der Waals surface area contributed by atoms with Crippen LogP contribution in [0.25, 0.3) is 0 Å². The number of pyridine rings is 1. The van der Waals surface area contributed by atoms with E-state index in [1.807, 2.05) is 19.1 Å². The van der Waals surface area contributed by atoms with Gasteiger partial charge in [-0.3, -0.25) is 9.78 Å². The lowest BCUT2D eigenvalue weighted by molar-refractivity contribution is 0.103. The van der Waals surface area contributed by atoms with Crippen molar-refractivity contribution < 1.29 is 4.79 Å². The van der Waals surface area contributed by atoms with Crippen LogP contribution in [-0.4, -0.2) is 10.8 Å². The van der Waals surface area contributed by atoms with E-state index in [0.29, 0.717) is 11.1 Å². The van der Waals surface area contributed by atoms with Gasteiger partial charge in [0.05, 0.1) is 0 Å². The highest BCUT2D eigenvalue weighted by Gasteiger charge is 2.12. The highest BCUT2D eigenvalue weighted by Crippen LogP contribution is 2.22. The van der Waals surface area contributed by atoms with Crippen LogP contribution in [0.1, 0.15) is 21.5 Å². The molecule has 0 saturated heterocycles. The Balaban J connectivity index is 2.48. The number of hydrogen-bond acceptors (Lipinski definition) is 2. The van der Waals surface area contributed by atoms with Crippen LogP contribution in [0.3, 0.4) is 0 Å². The van der Waals surface area contributed by atoms with Crippen molar-refractivity contribution in [1.82, 2.24) is 4.98 Å². The molecule has 0 spiro atoms. The van der Waals surface area contributed by atoms with Crippen molar-refractivity contribution in [1.29, 1.82) is 0 Å². The number of rotatable bonds is 2. The van der Waals surface area contributed by atoms with E-state index in [4.69, 9.17) is 0 Å². The van der Waals surface area contributed by atoms with Crippen LogP contribution in [0.15, 0.2) is 45.6 Å². The molecule has 0 aliphatic carbocycles. The third-order valence-electron chi connectivity index (χ3n) is 2.41. The Hall–Kier alpha value is -1.000. The Kier molecular flexibility index (Phi) is 3.74. The average molecular weight is 355 g/mol. The molecule has 0 radical (unpaired) electrons. The molecule has 2 aromatic rings. The molecular formula is C13H9Br2NO. The van der Waals surface area contributed by atoms with Crippen LogP contribution in [0.4, 0.5) is 0 Å². The van der Waals surface area contributed by atoms with Gasteiger partial charge in [-0.05, 0) is 36.8 Å². The topological polar surface area (TPSA) is 30.0 Å². The first kappa shape index (κ1) is 12.5. The maximum atomic E-state index is 12.3. The summed E-state index contributed by atoms with van der Waals surface area (Å²) in [5.41, 5.74) is 2.21. The van der Waals surface area contributed by atoms with Gasteiger partial charge in [0.25, 0.3) is 0 Å². The van der Waals surface area contributed by atoms with Gasteiger partial charge in [0.15, 0.2) is 5.78 Å². The maximum Gasteiger partial charge on any atom is 0.194 e. The number of hydrogen-bond donors (Lipinski definition) is 0. The first-order valence-electron chi connectivity index (χ1n) is 4.99. The maximum absolute atomic E-state index is 12.3. The second kappa shape index (κ2) is 5.10. The molecule has 2 rings (SSSR count). The zero-order valence-corrected chi connectivity index (χ0v) is 12.2. The van der Waals surface area contributed by atoms with Crippen molar-refractivity contribution in [3.8, 4) is 0 Å². The molecule has 0 bridgehead atoms. The van der Waals surface area contributed by atoms with Crippen molar-refractivity contribution in [3.05, 3.63) is 62.3 Å². The number of benzene rings is 1. The summed E-state index contributed by atoms with van der Waals surface area (Å²) in [6.45, 7) is 1.90. The highest BCUT2D eigenvalue weighted by molar-refractivity contribution is 9.11. The minimum absolute atomic E-state index is 0.0161. The fraction of sp³-hybridized carbons (Fsp3) is 0.0769. The van der Waals surface area contributed by atoms with Gasteiger partial charge in [-0.15, -0.1) is 0 Å². The Morgan fingerprint density at radius 1 is 1.18 bits per heavy atom. The summed E-state index contributed by atoms with van der Waals surface area (Å²) in [6.07, 6.45) is 3.29. The minimum Gasteiger partial charge on any atom is -0.289 e. The molecule has 4 heteroatoms. The van der Waals surface area contributed by atoms with Gasteiger partial charge in [0.2, 0.25) is 0 Å². The fourth-order valence-corrected chi connectivity index (χ4v) is 2.84. The summed E-state index contributed by atoms with van der Waals surface area (Å²) in [5, 5.41) is 0. The fourth-order valence-electron chi connectivity index (χ4n) is 1.54. The van der Waals surface area contributed by atoms with Crippen LogP contribution in [-0.2, 0) is 0 Å². The Bertz CT molecular complexity index is 561. The molecule has 0 saturated carbocycles. The van der Waals surface area contributed by atoms with Crippen molar-refractivity contribution in [2.45, 2.75) is 6.92 Å². The monoisotopic (exact) mass is 353 g/mol. The lowest BCUT2D eigenvalue weighted by atomic mass is 10.0. The van der Waals surface area contributed by atoms with Gasteiger partial charge in [-0.25, -0.2) is 0 Å². The smallest absolute Gasteiger partial charge is 0.194 e. The molecule has 0 unspecified atom stereocenters. The van der Waals surface area contributed by atoms with Crippen LogP contribution in [0.5, 0.6) is 0 Å². The lowest BCUT2D eigenvalue weighted by Crippen LogP contribution is -2.04. The summed E-state index contributed by atoms with van der Waals surface area (Å²) in [5.74, 6) is -0.0161. The van der Waals surface area contributed by atoms with E-state index in [9.17, 15) is 4.79 Å². The number of ketones is 1. The van der Waals surface area contributed by atoms with Gasteiger partial charge < -0.3 is 0 Å². The summed E-state index contributed by atoms with van der Waals surface area (Å²) in [7, 11) is 0. The predicted molar refractivity (Wildman–Crippen MR) is 74.2 cm³/mol. The van der Waals surface area contributed by atoms with Crippen LogP contribution < -0.4 is 0 Å². The molecule has 0 atom stereocenters. The largest absolute Gasteiger partial charge is 0.289 e. The zero-order chi connectivity index (χ0) is 12.4. The Morgan fingerprint density at radius 2 is 1.82 bits per heavy atom. The number of halogens is 2. The SMILES string of the molecule is Cc1ccncc1C(=O)c1cc(Br)cc(Br)c1. The second-order valence-corrected chi connectivity index (χ2v) is 5.51. The first-order valence-corrected chi connectivity index (χ1v) is 6.58.